The van der Waals surface area contributed by atoms with Crippen molar-refractivity contribution in [1.82, 2.24) is 4.90 Å². The van der Waals surface area contributed by atoms with E-state index in [9.17, 15) is 8.42 Å². The van der Waals surface area contributed by atoms with Gasteiger partial charge in [-0.15, -0.1) is 0 Å². The molecule has 4 rings (SSSR count). The number of anilines is 1. The second-order valence-electron chi connectivity index (χ2n) is 8.56. The summed E-state index contributed by atoms with van der Waals surface area (Å²) in [7, 11) is 0.807. The molecule has 1 N–H and O–H groups in total. The largest absolute Gasteiger partial charge is 0.497 e. The van der Waals surface area contributed by atoms with E-state index >= 15 is 0 Å². The predicted octanol–water partition coefficient (Wildman–Crippen LogP) is 4.96. The molecule has 1 saturated heterocycles. The van der Waals surface area contributed by atoms with Crippen molar-refractivity contribution in [2.24, 2.45) is 0 Å². The zero-order valence-corrected chi connectivity index (χ0v) is 22.0. The molecule has 10 heteroatoms. The van der Waals surface area contributed by atoms with Gasteiger partial charge in [-0.1, -0.05) is 53.5 Å². The number of halogens is 2. The van der Waals surface area contributed by atoms with E-state index in [1.54, 1.807) is 24.3 Å². The Morgan fingerprint density at radius 3 is 2.51 bits per heavy atom. The molecule has 7 nitrogen and oxygen atoms in total. The topological polar surface area (TPSA) is 77.1 Å². The first kappa shape index (κ1) is 25.9. The van der Waals surface area contributed by atoms with Crippen LogP contribution in [0.1, 0.15) is 17.9 Å². The fourth-order valence-corrected chi connectivity index (χ4v) is 6.16. The molecule has 1 aliphatic heterocycles. The quantitative estimate of drug-likeness (QED) is 0.478. The highest BCUT2D eigenvalue weighted by Crippen LogP contribution is 2.43. The van der Waals surface area contributed by atoms with Crippen LogP contribution in [0.2, 0.25) is 5.02 Å². The molecule has 188 valence electrons. The first-order valence-electron chi connectivity index (χ1n) is 11.1. The number of ether oxygens (including phenoxy) is 3. The number of benzene rings is 2. The van der Waals surface area contributed by atoms with Gasteiger partial charge in [-0.05, 0) is 43.3 Å². The fourth-order valence-electron chi connectivity index (χ4n) is 4.26. The zero-order valence-electron chi connectivity index (χ0n) is 19.7. The highest BCUT2D eigenvalue weighted by molar-refractivity contribution is 7.96. The molecule has 0 radical (unpaired) electrons. The summed E-state index contributed by atoms with van der Waals surface area (Å²) in [4.78, 5) is 2.21. The highest BCUT2D eigenvalue weighted by Gasteiger charge is 2.41. The van der Waals surface area contributed by atoms with Crippen LogP contribution in [0.5, 0.6) is 5.75 Å². The summed E-state index contributed by atoms with van der Waals surface area (Å²) in [6, 6.07) is 14.0. The number of hydrogen-bond acceptors (Lipinski definition) is 6. The zero-order chi connectivity index (χ0) is 25.2. The summed E-state index contributed by atoms with van der Waals surface area (Å²) in [5.41, 5.74) is 1.08. The third-order valence-electron chi connectivity index (χ3n) is 6.10. The van der Waals surface area contributed by atoms with Crippen molar-refractivity contribution >= 4 is 38.9 Å². The van der Waals surface area contributed by atoms with Crippen molar-refractivity contribution in [1.29, 1.82) is 0 Å². The number of hydrogen-bond donors (Lipinski definition) is 1. The first-order chi connectivity index (χ1) is 16.6. The Morgan fingerprint density at radius 2 is 1.89 bits per heavy atom. The molecule has 1 aliphatic carbocycles. The third-order valence-corrected chi connectivity index (χ3v) is 8.36. The van der Waals surface area contributed by atoms with E-state index in [1.807, 2.05) is 37.4 Å². The van der Waals surface area contributed by atoms with E-state index in [0.29, 0.717) is 22.2 Å². The van der Waals surface area contributed by atoms with Gasteiger partial charge in [0, 0.05) is 32.2 Å². The number of likely N-dealkylation sites (tertiary alicyclic amines) is 1. The number of sulfonamides is 1. The Morgan fingerprint density at radius 1 is 1.14 bits per heavy atom. The Hall–Kier alpha value is -2.23. The molecule has 3 atom stereocenters. The van der Waals surface area contributed by atoms with Crippen molar-refractivity contribution in [2.75, 3.05) is 39.1 Å². The molecular weight excluding hydrogens is 511 g/mol. The van der Waals surface area contributed by atoms with Crippen molar-refractivity contribution in [3.63, 3.8) is 0 Å². The third kappa shape index (κ3) is 5.62. The molecule has 2 aromatic rings. The summed E-state index contributed by atoms with van der Waals surface area (Å²) in [5.74, 6) is 0.0930. The van der Waals surface area contributed by atoms with Gasteiger partial charge in [-0.2, -0.15) is 0 Å². The second-order valence-corrected chi connectivity index (χ2v) is 11.2. The molecule has 0 bridgehead atoms. The standard InChI is InChI=1S/C25H28Cl2N2O5S/c1-29-12-11-19(16-29)34-22-13-18(9-10-21(22)26)28-35(30,31)23-15-25(27,33-3)24(32-2)14-20(23)17-7-5-4-6-8-17/h4-10,13-15,19-20,28H,11-12,16H2,1-3H3/t19-,20?,25?/m1/s1. The molecule has 1 heterocycles. The van der Waals surface area contributed by atoms with Crippen LogP contribution in [0.3, 0.4) is 0 Å². The maximum atomic E-state index is 13.7. The Kier molecular flexibility index (Phi) is 7.68. The second kappa shape index (κ2) is 10.4. The van der Waals surface area contributed by atoms with E-state index in [4.69, 9.17) is 37.4 Å². The smallest absolute Gasteiger partial charge is 0.258 e. The van der Waals surface area contributed by atoms with Crippen LogP contribution in [-0.4, -0.2) is 58.8 Å². The lowest BCUT2D eigenvalue weighted by molar-refractivity contribution is 0.0766. The average molecular weight is 539 g/mol. The fraction of sp³-hybridized carbons (Fsp3) is 0.360. The van der Waals surface area contributed by atoms with Gasteiger partial charge in [0.2, 0.25) is 5.06 Å². The van der Waals surface area contributed by atoms with Gasteiger partial charge in [0.05, 0.1) is 22.7 Å². The Bertz CT molecular complexity index is 1240. The van der Waals surface area contributed by atoms with E-state index in [0.717, 1.165) is 25.1 Å². The van der Waals surface area contributed by atoms with Gasteiger partial charge in [-0.25, -0.2) is 8.42 Å². The number of nitrogens with zero attached hydrogens (tertiary/aromatic N) is 1. The lowest BCUT2D eigenvalue weighted by Gasteiger charge is -2.32. The maximum absolute atomic E-state index is 13.7. The van der Waals surface area contributed by atoms with Crippen LogP contribution in [-0.2, 0) is 19.5 Å². The minimum absolute atomic E-state index is 0.0101. The molecule has 35 heavy (non-hydrogen) atoms. The summed E-state index contributed by atoms with van der Waals surface area (Å²) >= 11 is 12.9. The minimum Gasteiger partial charge on any atom is -0.497 e. The van der Waals surface area contributed by atoms with Crippen molar-refractivity contribution < 1.29 is 22.6 Å². The van der Waals surface area contributed by atoms with Crippen LogP contribution in [0.25, 0.3) is 0 Å². The maximum Gasteiger partial charge on any atom is 0.258 e. The molecule has 2 unspecified atom stereocenters. The van der Waals surface area contributed by atoms with Crippen molar-refractivity contribution in [3.8, 4) is 5.75 Å². The lowest BCUT2D eigenvalue weighted by Crippen LogP contribution is -2.33. The van der Waals surface area contributed by atoms with Crippen LogP contribution in [0.4, 0.5) is 5.69 Å². The summed E-state index contributed by atoms with van der Waals surface area (Å²) in [6.45, 7) is 1.71. The highest BCUT2D eigenvalue weighted by atomic mass is 35.5. The van der Waals surface area contributed by atoms with E-state index in [-0.39, 0.29) is 11.0 Å². The van der Waals surface area contributed by atoms with E-state index in [2.05, 4.69) is 9.62 Å². The molecule has 1 fully saturated rings. The SMILES string of the molecule is COC1=CC(c2ccccc2)C(S(=O)(=O)Nc2ccc(Cl)c(O[C@@H]3CCN(C)C3)c2)=CC1(Cl)OC. The molecular formula is C25H28Cl2N2O5S. The van der Waals surface area contributed by atoms with Gasteiger partial charge >= 0.3 is 0 Å². The first-order valence-corrected chi connectivity index (χ1v) is 13.3. The summed E-state index contributed by atoms with van der Waals surface area (Å²) in [5, 5.41) is -1.15. The monoisotopic (exact) mass is 538 g/mol. The van der Waals surface area contributed by atoms with Gasteiger partial charge < -0.3 is 19.1 Å². The average Bonchev–Trinajstić information content (AvgIpc) is 3.25. The van der Waals surface area contributed by atoms with Gasteiger partial charge in [0.15, 0.2) is 0 Å². The van der Waals surface area contributed by atoms with E-state index < -0.39 is 21.0 Å². The van der Waals surface area contributed by atoms with Gasteiger partial charge in [-0.3, -0.25) is 4.72 Å². The Balaban J connectivity index is 1.67. The molecule has 2 aromatic carbocycles. The predicted molar refractivity (Wildman–Crippen MR) is 138 cm³/mol. The van der Waals surface area contributed by atoms with Crippen LogP contribution in [0, 0.1) is 0 Å². The number of rotatable bonds is 8. The molecule has 2 aliphatic rings. The molecule has 0 amide bonds. The molecule has 0 spiro atoms. The number of nitrogens with one attached hydrogen (secondary N) is 1. The minimum atomic E-state index is -4.07. The summed E-state index contributed by atoms with van der Waals surface area (Å²) < 4.78 is 46.9. The summed E-state index contributed by atoms with van der Waals surface area (Å²) in [6.07, 6.45) is 3.89. The van der Waals surface area contributed by atoms with Crippen LogP contribution < -0.4 is 9.46 Å². The van der Waals surface area contributed by atoms with Crippen molar-refractivity contribution in [3.05, 3.63) is 81.9 Å². The van der Waals surface area contributed by atoms with Crippen LogP contribution in [0.15, 0.2) is 71.3 Å². The van der Waals surface area contributed by atoms with E-state index in [1.165, 1.54) is 20.3 Å². The van der Waals surface area contributed by atoms with Gasteiger partial charge in [0.1, 0.15) is 17.6 Å². The molecule has 0 aromatic heterocycles. The lowest BCUT2D eigenvalue weighted by atomic mass is 9.92. The number of alkyl halides is 1. The normalized spacial score (nSPS) is 25.1. The van der Waals surface area contributed by atoms with Crippen LogP contribution >= 0.6 is 23.2 Å². The van der Waals surface area contributed by atoms with Crippen molar-refractivity contribution in [2.45, 2.75) is 23.5 Å². The molecule has 0 saturated carbocycles. The Labute approximate surface area is 216 Å². The number of likely N-dealkylation sites (N-methyl/N-ethyl adjacent to an activating group) is 1. The van der Waals surface area contributed by atoms with Gasteiger partial charge in [0.25, 0.3) is 10.0 Å². The number of allylic oxidation sites excluding steroid dienone is 2. The number of methoxy groups -OCH3 is 2.